The third kappa shape index (κ3) is 5.16. The summed E-state index contributed by atoms with van der Waals surface area (Å²) in [6.07, 6.45) is 1.36. The van der Waals surface area contributed by atoms with E-state index in [0.29, 0.717) is 22.0 Å². The van der Waals surface area contributed by atoms with Crippen LogP contribution in [0.1, 0.15) is 21.5 Å². The fourth-order valence-corrected chi connectivity index (χ4v) is 4.43. The van der Waals surface area contributed by atoms with Crippen molar-refractivity contribution in [2.24, 2.45) is 0 Å². The lowest BCUT2D eigenvalue weighted by Gasteiger charge is -2.10. The maximum absolute atomic E-state index is 13.3. The van der Waals surface area contributed by atoms with Gasteiger partial charge in [0.25, 0.3) is 5.91 Å². The SMILES string of the molecule is O=C(NCc1cccc(S(=O)(=O)NCc2cccc(F)c2)c1)c1c[nH]c2ccccc2c1=O. The van der Waals surface area contributed by atoms with E-state index in [1.54, 1.807) is 42.5 Å². The summed E-state index contributed by atoms with van der Waals surface area (Å²) in [6.45, 7) is -0.0375. The standard InChI is InChI=1S/C24H20FN3O4S/c25-18-7-3-5-16(11-18)14-28-33(31,32)19-8-4-6-17(12-19)13-27-24(30)21-15-26-22-10-2-1-9-20(22)23(21)29/h1-12,15,28H,13-14H2,(H,26,29)(H,27,30). The second-order valence-corrected chi connectivity index (χ2v) is 9.13. The second kappa shape index (κ2) is 9.35. The molecule has 0 fully saturated rings. The number of aromatic amines is 1. The molecule has 0 aliphatic rings. The number of amides is 1. The van der Waals surface area contributed by atoms with Crippen molar-refractivity contribution < 1.29 is 17.6 Å². The summed E-state index contributed by atoms with van der Waals surface area (Å²) < 4.78 is 41.0. The van der Waals surface area contributed by atoms with E-state index in [4.69, 9.17) is 0 Å². The molecule has 0 unspecified atom stereocenters. The first-order valence-electron chi connectivity index (χ1n) is 10.1. The topological polar surface area (TPSA) is 108 Å². The van der Waals surface area contributed by atoms with Gasteiger partial charge in [-0.1, -0.05) is 36.4 Å². The van der Waals surface area contributed by atoms with Crippen LogP contribution < -0.4 is 15.5 Å². The average molecular weight is 466 g/mol. The van der Waals surface area contributed by atoms with Crippen molar-refractivity contribution in [2.75, 3.05) is 0 Å². The molecule has 3 N–H and O–H groups in total. The minimum Gasteiger partial charge on any atom is -0.360 e. The number of hydrogen-bond donors (Lipinski definition) is 3. The number of carbonyl (C=O) groups is 1. The summed E-state index contributed by atoms with van der Waals surface area (Å²) in [4.78, 5) is 28.1. The molecule has 1 amide bonds. The molecule has 0 saturated heterocycles. The lowest BCUT2D eigenvalue weighted by atomic mass is 10.1. The summed E-state index contributed by atoms with van der Waals surface area (Å²) in [6, 6.07) is 18.6. The van der Waals surface area contributed by atoms with Gasteiger partial charge in [0.05, 0.1) is 4.90 Å². The van der Waals surface area contributed by atoms with Crippen LogP contribution in [0.25, 0.3) is 10.9 Å². The van der Waals surface area contributed by atoms with Crippen molar-refractivity contribution >= 4 is 26.8 Å². The highest BCUT2D eigenvalue weighted by Gasteiger charge is 2.16. The minimum atomic E-state index is -3.86. The maximum Gasteiger partial charge on any atom is 0.257 e. The molecule has 0 atom stereocenters. The van der Waals surface area contributed by atoms with Gasteiger partial charge in [-0.2, -0.15) is 0 Å². The Morgan fingerprint density at radius 3 is 2.42 bits per heavy atom. The number of hydrogen-bond acceptors (Lipinski definition) is 4. The van der Waals surface area contributed by atoms with Gasteiger partial charge in [-0.3, -0.25) is 9.59 Å². The normalized spacial score (nSPS) is 11.4. The Kier molecular flexibility index (Phi) is 6.34. The molecule has 4 aromatic rings. The number of para-hydroxylation sites is 1. The Hall–Kier alpha value is -3.82. The van der Waals surface area contributed by atoms with Crippen molar-refractivity contribution in [3.63, 3.8) is 0 Å². The molecule has 0 aliphatic carbocycles. The van der Waals surface area contributed by atoms with Gasteiger partial charge < -0.3 is 10.3 Å². The van der Waals surface area contributed by atoms with E-state index in [9.17, 15) is 22.4 Å². The number of sulfonamides is 1. The highest BCUT2D eigenvalue weighted by molar-refractivity contribution is 7.89. The molecule has 3 aromatic carbocycles. The molecule has 9 heteroatoms. The maximum atomic E-state index is 13.3. The van der Waals surface area contributed by atoms with E-state index in [0.717, 1.165) is 0 Å². The Balaban J connectivity index is 1.45. The zero-order chi connectivity index (χ0) is 23.4. The molecule has 0 spiro atoms. The number of H-pyrrole nitrogens is 1. The highest BCUT2D eigenvalue weighted by atomic mass is 32.2. The van der Waals surface area contributed by atoms with E-state index in [1.165, 1.54) is 36.5 Å². The molecular weight excluding hydrogens is 445 g/mol. The van der Waals surface area contributed by atoms with Crippen molar-refractivity contribution in [2.45, 2.75) is 18.0 Å². The molecule has 168 valence electrons. The Morgan fingerprint density at radius 1 is 0.909 bits per heavy atom. The summed E-state index contributed by atoms with van der Waals surface area (Å²) in [7, 11) is -3.86. The molecular formula is C24H20FN3O4S. The van der Waals surface area contributed by atoms with Gasteiger partial charge in [-0.25, -0.2) is 17.5 Å². The fraction of sp³-hybridized carbons (Fsp3) is 0.0833. The first-order chi connectivity index (χ1) is 15.8. The van der Waals surface area contributed by atoms with Crippen LogP contribution >= 0.6 is 0 Å². The zero-order valence-corrected chi connectivity index (χ0v) is 18.2. The molecule has 0 saturated carbocycles. The predicted octanol–water partition coefficient (Wildman–Crippen LogP) is 3.08. The smallest absolute Gasteiger partial charge is 0.257 e. The van der Waals surface area contributed by atoms with Crippen LogP contribution in [0.3, 0.4) is 0 Å². The van der Waals surface area contributed by atoms with Gasteiger partial charge >= 0.3 is 0 Å². The van der Waals surface area contributed by atoms with Crippen LogP contribution in [0.5, 0.6) is 0 Å². The first-order valence-corrected chi connectivity index (χ1v) is 11.5. The van der Waals surface area contributed by atoms with Gasteiger partial charge in [0, 0.05) is 30.2 Å². The van der Waals surface area contributed by atoms with Gasteiger partial charge in [-0.05, 0) is 47.5 Å². The molecule has 1 aromatic heterocycles. The molecule has 33 heavy (non-hydrogen) atoms. The Morgan fingerprint density at radius 2 is 1.64 bits per heavy atom. The second-order valence-electron chi connectivity index (χ2n) is 7.36. The number of benzene rings is 3. The van der Waals surface area contributed by atoms with Crippen molar-refractivity contribution in [3.8, 4) is 0 Å². The summed E-state index contributed by atoms with van der Waals surface area (Å²) in [5.41, 5.74) is 1.23. The first kappa shape index (κ1) is 22.4. The summed E-state index contributed by atoms with van der Waals surface area (Å²) >= 11 is 0. The van der Waals surface area contributed by atoms with E-state index in [2.05, 4.69) is 15.0 Å². The monoisotopic (exact) mass is 465 g/mol. The number of fused-ring (bicyclic) bond motifs is 1. The van der Waals surface area contributed by atoms with Crippen LogP contribution in [0.4, 0.5) is 4.39 Å². The highest BCUT2D eigenvalue weighted by Crippen LogP contribution is 2.13. The molecule has 0 aliphatic heterocycles. The number of carbonyl (C=O) groups excluding carboxylic acids is 1. The van der Waals surface area contributed by atoms with E-state index in [-0.39, 0.29) is 29.0 Å². The number of pyridine rings is 1. The van der Waals surface area contributed by atoms with Gasteiger partial charge in [-0.15, -0.1) is 0 Å². The summed E-state index contributed by atoms with van der Waals surface area (Å²) in [5, 5.41) is 3.05. The predicted molar refractivity (Wildman–Crippen MR) is 123 cm³/mol. The van der Waals surface area contributed by atoms with Crippen molar-refractivity contribution in [1.29, 1.82) is 0 Å². The van der Waals surface area contributed by atoms with Crippen LogP contribution in [-0.4, -0.2) is 19.3 Å². The average Bonchev–Trinajstić information content (AvgIpc) is 2.82. The van der Waals surface area contributed by atoms with Gasteiger partial charge in [0.2, 0.25) is 15.5 Å². The Labute approximate surface area is 189 Å². The van der Waals surface area contributed by atoms with Gasteiger partial charge in [0.15, 0.2) is 0 Å². The van der Waals surface area contributed by atoms with Gasteiger partial charge in [0.1, 0.15) is 11.4 Å². The van der Waals surface area contributed by atoms with Crippen molar-refractivity contribution in [3.05, 3.63) is 112 Å². The fourth-order valence-electron chi connectivity index (χ4n) is 3.34. The van der Waals surface area contributed by atoms with Crippen LogP contribution in [0.2, 0.25) is 0 Å². The molecule has 1 heterocycles. The van der Waals surface area contributed by atoms with E-state index in [1.807, 2.05) is 0 Å². The third-order valence-electron chi connectivity index (χ3n) is 5.05. The van der Waals surface area contributed by atoms with Crippen molar-refractivity contribution in [1.82, 2.24) is 15.0 Å². The Bertz CT molecular complexity index is 1500. The minimum absolute atomic E-state index is 0.00852. The lowest BCUT2D eigenvalue weighted by Crippen LogP contribution is -2.28. The van der Waals surface area contributed by atoms with E-state index >= 15 is 0 Å². The molecule has 0 radical (unpaired) electrons. The molecule has 0 bridgehead atoms. The number of aromatic nitrogens is 1. The van der Waals surface area contributed by atoms with Crippen LogP contribution in [0, 0.1) is 5.82 Å². The zero-order valence-electron chi connectivity index (χ0n) is 17.3. The van der Waals surface area contributed by atoms with E-state index < -0.39 is 21.7 Å². The largest absolute Gasteiger partial charge is 0.360 e. The third-order valence-corrected chi connectivity index (χ3v) is 6.45. The molecule has 4 rings (SSSR count). The quantitative estimate of drug-likeness (QED) is 0.390. The summed E-state index contributed by atoms with van der Waals surface area (Å²) in [5.74, 6) is -1.02. The van der Waals surface area contributed by atoms with Crippen LogP contribution in [-0.2, 0) is 23.1 Å². The van der Waals surface area contributed by atoms with Crippen LogP contribution in [0.15, 0.2) is 88.7 Å². The lowest BCUT2D eigenvalue weighted by molar-refractivity contribution is 0.0949. The number of halogens is 1. The number of nitrogens with one attached hydrogen (secondary N) is 3. The molecule has 7 nitrogen and oxygen atoms in total. The number of rotatable bonds is 7.